The van der Waals surface area contributed by atoms with Crippen molar-refractivity contribution >= 4 is 23.3 Å². The maximum atomic E-state index is 12.3. The van der Waals surface area contributed by atoms with Crippen LogP contribution in [0.4, 0.5) is 4.79 Å². The SMILES string of the molecule is CCCc1ncc(C(=O)N2CCN(C(=O)OC)CC2)s1. The fourth-order valence-electron chi connectivity index (χ4n) is 2.12. The van der Waals surface area contributed by atoms with E-state index in [9.17, 15) is 9.59 Å². The van der Waals surface area contributed by atoms with Gasteiger partial charge in [0.25, 0.3) is 5.91 Å². The molecule has 1 aromatic heterocycles. The Balaban J connectivity index is 1.92. The minimum atomic E-state index is -0.333. The molecule has 0 radical (unpaired) electrons. The highest BCUT2D eigenvalue weighted by atomic mass is 32.1. The van der Waals surface area contributed by atoms with Crippen LogP contribution in [0.2, 0.25) is 0 Å². The number of ether oxygens (including phenoxy) is 1. The Bertz CT molecular complexity index is 481. The van der Waals surface area contributed by atoms with Crippen molar-refractivity contribution in [2.75, 3.05) is 33.3 Å². The van der Waals surface area contributed by atoms with Gasteiger partial charge in [-0.3, -0.25) is 4.79 Å². The Morgan fingerprint density at radius 3 is 2.55 bits per heavy atom. The third-order valence-electron chi connectivity index (χ3n) is 3.23. The number of carbonyl (C=O) groups is 2. The number of hydrogen-bond donors (Lipinski definition) is 0. The third kappa shape index (κ3) is 3.27. The Labute approximate surface area is 122 Å². The van der Waals surface area contributed by atoms with Crippen molar-refractivity contribution in [3.63, 3.8) is 0 Å². The monoisotopic (exact) mass is 297 g/mol. The molecule has 1 aliphatic heterocycles. The van der Waals surface area contributed by atoms with Gasteiger partial charge in [-0.2, -0.15) is 0 Å². The molecule has 0 spiro atoms. The third-order valence-corrected chi connectivity index (χ3v) is 4.27. The average molecular weight is 297 g/mol. The van der Waals surface area contributed by atoms with Crippen LogP contribution in [0.5, 0.6) is 0 Å². The number of nitrogens with zero attached hydrogens (tertiary/aromatic N) is 3. The molecular weight excluding hydrogens is 278 g/mol. The van der Waals surface area contributed by atoms with Gasteiger partial charge in [-0.15, -0.1) is 11.3 Å². The molecule has 1 aromatic rings. The van der Waals surface area contributed by atoms with Crippen LogP contribution in [0.3, 0.4) is 0 Å². The summed E-state index contributed by atoms with van der Waals surface area (Å²) in [6.45, 7) is 4.19. The van der Waals surface area contributed by atoms with Gasteiger partial charge in [0.2, 0.25) is 0 Å². The molecule has 0 N–H and O–H groups in total. The second kappa shape index (κ2) is 6.69. The lowest BCUT2D eigenvalue weighted by molar-refractivity contribution is 0.0603. The molecule has 1 aliphatic rings. The number of piperazine rings is 1. The maximum absolute atomic E-state index is 12.3. The van der Waals surface area contributed by atoms with Crippen molar-refractivity contribution in [2.24, 2.45) is 0 Å². The molecule has 0 bridgehead atoms. The molecule has 6 nitrogen and oxygen atoms in total. The second-order valence-electron chi connectivity index (χ2n) is 4.62. The summed E-state index contributed by atoms with van der Waals surface area (Å²) < 4.78 is 4.68. The van der Waals surface area contributed by atoms with Crippen molar-refractivity contribution in [2.45, 2.75) is 19.8 Å². The Morgan fingerprint density at radius 1 is 1.30 bits per heavy atom. The normalized spacial score (nSPS) is 15.3. The van der Waals surface area contributed by atoms with Crippen molar-refractivity contribution in [1.29, 1.82) is 0 Å². The summed E-state index contributed by atoms with van der Waals surface area (Å²) in [7, 11) is 1.37. The number of amides is 2. The van der Waals surface area contributed by atoms with Gasteiger partial charge in [-0.25, -0.2) is 9.78 Å². The number of aromatic nitrogens is 1. The Hall–Kier alpha value is -1.63. The lowest BCUT2D eigenvalue weighted by Gasteiger charge is -2.33. The molecule has 1 fully saturated rings. The number of rotatable bonds is 3. The summed E-state index contributed by atoms with van der Waals surface area (Å²) in [5.74, 6) is 0.00867. The molecule has 2 rings (SSSR count). The number of carbonyl (C=O) groups excluding carboxylic acids is 2. The second-order valence-corrected chi connectivity index (χ2v) is 5.73. The van der Waals surface area contributed by atoms with Crippen molar-refractivity contribution in [3.8, 4) is 0 Å². The zero-order valence-electron chi connectivity index (χ0n) is 11.8. The molecule has 0 aliphatic carbocycles. The highest BCUT2D eigenvalue weighted by Crippen LogP contribution is 2.17. The largest absolute Gasteiger partial charge is 0.453 e. The minimum absolute atomic E-state index is 0.00867. The van der Waals surface area contributed by atoms with Crippen LogP contribution in [0, 0.1) is 0 Å². The van der Waals surface area contributed by atoms with Gasteiger partial charge in [0.05, 0.1) is 18.3 Å². The average Bonchev–Trinajstić information content (AvgIpc) is 2.95. The molecule has 2 amide bonds. The standard InChI is InChI=1S/C13H19N3O3S/c1-3-4-11-14-9-10(20-11)12(17)15-5-7-16(8-6-15)13(18)19-2/h9H,3-8H2,1-2H3. The van der Waals surface area contributed by atoms with E-state index in [-0.39, 0.29) is 12.0 Å². The predicted molar refractivity (Wildman–Crippen MR) is 76.0 cm³/mol. The highest BCUT2D eigenvalue weighted by Gasteiger charge is 2.26. The first-order valence-corrected chi connectivity index (χ1v) is 7.54. The molecule has 110 valence electrons. The lowest BCUT2D eigenvalue weighted by atomic mass is 10.3. The van der Waals surface area contributed by atoms with Crippen LogP contribution in [0.25, 0.3) is 0 Å². The zero-order chi connectivity index (χ0) is 14.5. The Morgan fingerprint density at radius 2 is 1.95 bits per heavy atom. The van der Waals surface area contributed by atoms with Crippen molar-refractivity contribution in [3.05, 3.63) is 16.1 Å². The van der Waals surface area contributed by atoms with Gasteiger partial charge in [-0.05, 0) is 12.8 Å². The first kappa shape index (κ1) is 14.8. The fraction of sp³-hybridized carbons (Fsp3) is 0.615. The van der Waals surface area contributed by atoms with E-state index in [1.54, 1.807) is 16.0 Å². The summed E-state index contributed by atoms with van der Waals surface area (Å²) in [6.07, 6.45) is 3.26. The van der Waals surface area contributed by atoms with Gasteiger partial charge >= 0.3 is 6.09 Å². The van der Waals surface area contributed by atoms with Gasteiger partial charge in [-0.1, -0.05) is 6.92 Å². The smallest absolute Gasteiger partial charge is 0.409 e. The highest BCUT2D eigenvalue weighted by molar-refractivity contribution is 7.13. The number of thiazole rings is 1. The van der Waals surface area contributed by atoms with Crippen LogP contribution in [-0.2, 0) is 11.2 Å². The van der Waals surface area contributed by atoms with Gasteiger partial charge in [0.15, 0.2) is 0 Å². The van der Waals surface area contributed by atoms with E-state index >= 15 is 0 Å². The van der Waals surface area contributed by atoms with E-state index < -0.39 is 0 Å². The van der Waals surface area contributed by atoms with Gasteiger partial charge in [0, 0.05) is 26.2 Å². The van der Waals surface area contributed by atoms with Crippen molar-refractivity contribution < 1.29 is 14.3 Å². The summed E-state index contributed by atoms with van der Waals surface area (Å²) in [4.78, 5) is 32.0. The molecule has 0 aromatic carbocycles. The van der Waals surface area contributed by atoms with E-state index in [0.29, 0.717) is 31.1 Å². The lowest BCUT2D eigenvalue weighted by Crippen LogP contribution is -2.50. The van der Waals surface area contributed by atoms with Crippen LogP contribution in [0.15, 0.2) is 6.20 Å². The van der Waals surface area contributed by atoms with E-state index in [2.05, 4.69) is 16.6 Å². The molecule has 0 saturated carbocycles. The van der Waals surface area contributed by atoms with Gasteiger partial charge in [0.1, 0.15) is 4.88 Å². The van der Waals surface area contributed by atoms with Gasteiger partial charge < -0.3 is 14.5 Å². The number of methoxy groups -OCH3 is 1. The minimum Gasteiger partial charge on any atom is -0.453 e. The van der Waals surface area contributed by atoms with E-state index in [1.807, 2.05) is 0 Å². The summed E-state index contributed by atoms with van der Waals surface area (Å²) >= 11 is 1.46. The van der Waals surface area contributed by atoms with Crippen LogP contribution in [0.1, 0.15) is 28.0 Å². The van der Waals surface area contributed by atoms with Crippen LogP contribution < -0.4 is 0 Å². The van der Waals surface area contributed by atoms with E-state index in [1.165, 1.54) is 18.4 Å². The predicted octanol–water partition coefficient (Wildman–Crippen LogP) is 1.62. The molecule has 2 heterocycles. The zero-order valence-corrected chi connectivity index (χ0v) is 12.6. The summed E-state index contributed by atoms with van der Waals surface area (Å²) in [5, 5.41) is 1.00. The maximum Gasteiger partial charge on any atom is 0.409 e. The topological polar surface area (TPSA) is 62.7 Å². The molecule has 20 heavy (non-hydrogen) atoms. The quantitative estimate of drug-likeness (QED) is 0.850. The Kier molecular flexibility index (Phi) is 4.94. The van der Waals surface area contributed by atoms with E-state index in [0.717, 1.165) is 17.8 Å². The summed E-state index contributed by atoms with van der Waals surface area (Å²) in [6, 6.07) is 0. The molecule has 7 heteroatoms. The molecular formula is C13H19N3O3S. The van der Waals surface area contributed by atoms with Crippen LogP contribution in [-0.4, -0.2) is 60.1 Å². The van der Waals surface area contributed by atoms with Crippen LogP contribution >= 0.6 is 11.3 Å². The summed E-state index contributed by atoms with van der Waals surface area (Å²) in [5.41, 5.74) is 0. The molecule has 1 saturated heterocycles. The number of aryl methyl sites for hydroxylation is 1. The fourth-order valence-corrected chi connectivity index (χ4v) is 3.10. The molecule has 0 unspecified atom stereocenters. The van der Waals surface area contributed by atoms with Crippen molar-refractivity contribution in [1.82, 2.24) is 14.8 Å². The van der Waals surface area contributed by atoms with E-state index in [4.69, 9.17) is 0 Å². The molecule has 0 atom stereocenters. The number of hydrogen-bond acceptors (Lipinski definition) is 5. The first-order valence-electron chi connectivity index (χ1n) is 6.72. The first-order chi connectivity index (χ1) is 9.65.